The van der Waals surface area contributed by atoms with Crippen LogP contribution in [-0.2, 0) is 0 Å². The summed E-state index contributed by atoms with van der Waals surface area (Å²) in [5.74, 6) is 0. The molecule has 1 aromatic carbocycles. The fraction of sp³-hybridized carbons (Fsp3) is 0.571. The average molecular weight is 254 g/mol. The lowest BCUT2D eigenvalue weighted by atomic mass is 9.93. The Morgan fingerprint density at radius 2 is 2.24 bits per heavy atom. The SMILES string of the molecule is CC1(C)CCN(CC(O)c2cccc(Cl)c2)C1. The lowest BCUT2D eigenvalue weighted by molar-refractivity contribution is 0.121. The van der Waals surface area contributed by atoms with Crippen LogP contribution in [0.15, 0.2) is 24.3 Å². The van der Waals surface area contributed by atoms with Crippen LogP contribution in [0, 0.1) is 5.41 Å². The van der Waals surface area contributed by atoms with E-state index in [9.17, 15) is 5.11 Å². The Labute approximate surface area is 108 Å². The van der Waals surface area contributed by atoms with Crippen molar-refractivity contribution in [3.05, 3.63) is 34.9 Å². The molecule has 1 atom stereocenters. The van der Waals surface area contributed by atoms with Crippen molar-refractivity contribution in [2.75, 3.05) is 19.6 Å². The molecule has 1 N–H and O–H groups in total. The molecule has 1 heterocycles. The number of hydrogen-bond acceptors (Lipinski definition) is 2. The van der Waals surface area contributed by atoms with Gasteiger partial charge in [-0.15, -0.1) is 0 Å². The van der Waals surface area contributed by atoms with Crippen LogP contribution >= 0.6 is 11.6 Å². The number of rotatable bonds is 3. The summed E-state index contributed by atoms with van der Waals surface area (Å²) in [5, 5.41) is 10.9. The number of benzene rings is 1. The lowest BCUT2D eigenvalue weighted by Crippen LogP contribution is -2.28. The van der Waals surface area contributed by atoms with E-state index in [1.54, 1.807) is 0 Å². The highest BCUT2D eigenvalue weighted by atomic mass is 35.5. The molecule has 1 aliphatic heterocycles. The number of aliphatic hydroxyl groups is 1. The molecule has 94 valence electrons. The Kier molecular flexibility index (Phi) is 3.76. The summed E-state index contributed by atoms with van der Waals surface area (Å²) in [6.07, 6.45) is 0.762. The molecule has 3 heteroatoms. The van der Waals surface area contributed by atoms with E-state index in [1.165, 1.54) is 6.42 Å². The molecule has 2 rings (SSSR count). The van der Waals surface area contributed by atoms with Crippen LogP contribution < -0.4 is 0 Å². The normalized spacial score (nSPS) is 21.6. The highest BCUT2D eigenvalue weighted by Crippen LogP contribution is 2.30. The summed E-state index contributed by atoms with van der Waals surface area (Å²) in [6.45, 7) is 7.39. The highest BCUT2D eigenvalue weighted by molar-refractivity contribution is 6.30. The molecule has 0 radical (unpaired) electrons. The van der Waals surface area contributed by atoms with Gasteiger partial charge in [-0.05, 0) is 36.1 Å². The zero-order valence-electron chi connectivity index (χ0n) is 10.5. The first kappa shape index (κ1) is 12.9. The molecule has 1 aromatic rings. The first-order valence-corrected chi connectivity index (χ1v) is 6.50. The van der Waals surface area contributed by atoms with Crippen molar-refractivity contribution in [3.63, 3.8) is 0 Å². The van der Waals surface area contributed by atoms with Gasteiger partial charge in [0.1, 0.15) is 0 Å². The van der Waals surface area contributed by atoms with Crippen molar-refractivity contribution < 1.29 is 5.11 Å². The maximum Gasteiger partial charge on any atom is 0.0917 e. The van der Waals surface area contributed by atoms with Crippen molar-refractivity contribution in [1.82, 2.24) is 4.90 Å². The number of halogens is 1. The summed E-state index contributed by atoms with van der Waals surface area (Å²) < 4.78 is 0. The molecule has 1 fully saturated rings. The van der Waals surface area contributed by atoms with Gasteiger partial charge in [0.15, 0.2) is 0 Å². The summed E-state index contributed by atoms with van der Waals surface area (Å²) >= 11 is 5.93. The van der Waals surface area contributed by atoms with Crippen LogP contribution in [0.3, 0.4) is 0 Å². The molecule has 1 unspecified atom stereocenters. The summed E-state index contributed by atoms with van der Waals surface area (Å²) in [5.41, 5.74) is 1.29. The third-order valence-corrected chi connectivity index (χ3v) is 3.66. The topological polar surface area (TPSA) is 23.5 Å². The Hall–Kier alpha value is -0.570. The maximum absolute atomic E-state index is 10.2. The van der Waals surface area contributed by atoms with Gasteiger partial charge >= 0.3 is 0 Å². The molecule has 0 bridgehead atoms. The van der Waals surface area contributed by atoms with Crippen LogP contribution in [0.2, 0.25) is 5.02 Å². The molecule has 17 heavy (non-hydrogen) atoms. The third-order valence-electron chi connectivity index (χ3n) is 3.42. The molecular formula is C14H20ClNO. The smallest absolute Gasteiger partial charge is 0.0917 e. The van der Waals surface area contributed by atoms with Gasteiger partial charge in [-0.1, -0.05) is 37.6 Å². The van der Waals surface area contributed by atoms with Crippen molar-refractivity contribution in [2.45, 2.75) is 26.4 Å². The highest BCUT2D eigenvalue weighted by Gasteiger charge is 2.30. The Morgan fingerprint density at radius 3 is 2.82 bits per heavy atom. The zero-order chi connectivity index (χ0) is 12.5. The largest absolute Gasteiger partial charge is 0.387 e. The van der Waals surface area contributed by atoms with Crippen molar-refractivity contribution in [3.8, 4) is 0 Å². The number of nitrogens with zero attached hydrogens (tertiary/aromatic N) is 1. The number of likely N-dealkylation sites (tertiary alicyclic amines) is 1. The van der Waals surface area contributed by atoms with Crippen LogP contribution in [0.4, 0.5) is 0 Å². The average Bonchev–Trinajstić information content (AvgIpc) is 2.58. The quantitative estimate of drug-likeness (QED) is 0.895. The van der Waals surface area contributed by atoms with Gasteiger partial charge in [-0.3, -0.25) is 4.90 Å². The van der Waals surface area contributed by atoms with Crippen LogP contribution in [-0.4, -0.2) is 29.6 Å². The first-order chi connectivity index (χ1) is 7.96. The number of β-amino-alcohol motifs (C(OH)–C–C–N with tert-alkyl or cyclic N) is 1. The molecule has 0 amide bonds. The standard InChI is InChI=1S/C14H20ClNO/c1-14(2)6-7-16(10-14)9-13(17)11-4-3-5-12(15)8-11/h3-5,8,13,17H,6-7,9-10H2,1-2H3. The molecule has 0 aromatic heterocycles. The molecular weight excluding hydrogens is 234 g/mol. The third kappa shape index (κ3) is 3.44. The predicted molar refractivity (Wildman–Crippen MR) is 71.2 cm³/mol. The minimum absolute atomic E-state index is 0.383. The number of aliphatic hydroxyl groups excluding tert-OH is 1. The zero-order valence-corrected chi connectivity index (χ0v) is 11.2. The van der Waals surface area contributed by atoms with Gasteiger partial charge in [0.05, 0.1) is 6.10 Å². The molecule has 2 nitrogen and oxygen atoms in total. The van der Waals surface area contributed by atoms with Gasteiger partial charge in [-0.2, -0.15) is 0 Å². The van der Waals surface area contributed by atoms with E-state index >= 15 is 0 Å². The molecule has 0 spiro atoms. The Morgan fingerprint density at radius 1 is 1.47 bits per heavy atom. The van der Waals surface area contributed by atoms with Crippen LogP contribution in [0.25, 0.3) is 0 Å². The van der Waals surface area contributed by atoms with Crippen LogP contribution in [0.1, 0.15) is 31.9 Å². The van der Waals surface area contributed by atoms with E-state index in [-0.39, 0.29) is 0 Å². The number of hydrogen-bond donors (Lipinski definition) is 1. The van der Waals surface area contributed by atoms with E-state index < -0.39 is 6.10 Å². The summed E-state index contributed by atoms with van der Waals surface area (Å²) in [4.78, 5) is 2.32. The fourth-order valence-corrected chi connectivity index (χ4v) is 2.64. The minimum Gasteiger partial charge on any atom is -0.387 e. The van der Waals surface area contributed by atoms with E-state index in [1.807, 2.05) is 24.3 Å². The Bertz CT molecular complexity index is 392. The summed E-state index contributed by atoms with van der Waals surface area (Å²) in [7, 11) is 0. The second kappa shape index (κ2) is 4.97. The van der Waals surface area contributed by atoms with Crippen LogP contribution in [0.5, 0.6) is 0 Å². The van der Waals surface area contributed by atoms with Crippen molar-refractivity contribution in [2.24, 2.45) is 5.41 Å². The van der Waals surface area contributed by atoms with E-state index in [0.29, 0.717) is 17.0 Å². The second-order valence-corrected chi connectivity index (χ2v) is 6.16. The summed E-state index contributed by atoms with van der Waals surface area (Å²) in [6, 6.07) is 7.48. The van der Waals surface area contributed by atoms with E-state index in [2.05, 4.69) is 18.7 Å². The lowest BCUT2D eigenvalue weighted by Gasteiger charge is -2.22. The fourth-order valence-electron chi connectivity index (χ4n) is 2.44. The Balaban J connectivity index is 1.96. The molecule has 0 aliphatic carbocycles. The van der Waals surface area contributed by atoms with Gasteiger partial charge in [-0.25, -0.2) is 0 Å². The van der Waals surface area contributed by atoms with Crippen molar-refractivity contribution in [1.29, 1.82) is 0 Å². The second-order valence-electron chi connectivity index (χ2n) is 5.72. The minimum atomic E-state index is -0.442. The molecule has 1 aliphatic rings. The first-order valence-electron chi connectivity index (χ1n) is 6.12. The van der Waals surface area contributed by atoms with E-state index in [4.69, 9.17) is 11.6 Å². The molecule has 1 saturated heterocycles. The predicted octanol–water partition coefficient (Wildman–Crippen LogP) is 3.11. The molecule has 0 saturated carbocycles. The van der Waals surface area contributed by atoms with Gasteiger partial charge < -0.3 is 5.11 Å². The van der Waals surface area contributed by atoms with Crippen molar-refractivity contribution >= 4 is 11.6 Å². The van der Waals surface area contributed by atoms with Gasteiger partial charge in [0.2, 0.25) is 0 Å². The van der Waals surface area contributed by atoms with Gasteiger partial charge in [0, 0.05) is 18.1 Å². The van der Waals surface area contributed by atoms with Gasteiger partial charge in [0.25, 0.3) is 0 Å². The van der Waals surface area contributed by atoms with E-state index in [0.717, 1.165) is 18.7 Å². The monoisotopic (exact) mass is 253 g/mol. The maximum atomic E-state index is 10.2.